The Morgan fingerprint density at radius 1 is 1.11 bits per heavy atom. The topological polar surface area (TPSA) is 55.8 Å². The van der Waals surface area contributed by atoms with E-state index in [0.717, 1.165) is 16.0 Å². The number of rotatable bonds is 1. The van der Waals surface area contributed by atoms with Crippen LogP contribution in [0.4, 0.5) is 9.59 Å². The Balaban J connectivity index is 2.37. The van der Waals surface area contributed by atoms with Gasteiger partial charge in [0.05, 0.1) is 20.3 Å². The zero-order valence-electron chi connectivity index (χ0n) is 10.1. The lowest BCUT2D eigenvalue weighted by Gasteiger charge is -2.24. The molecule has 0 saturated heterocycles. The molecular formula is C13H13NO4. The molecule has 5 nitrogen and oxygen atoms in total. The summed E-state index contributed by atoms with van der Waals surface area (Å²) in [5.41, 5.74) is 1.84. The summed E-state index contributed by atoms with van der Waals surface area (Å²) in [7, 11) is 2.45. The fourth-order valence-corrected chi connectivity index (χ4v) is 1.95. The lowest BCUT2D eigenvalue weighted by Crippen LogP contribution is -2.38. The van der Waals surface area contributed by atoms with Crippen molar-refractivity contribution >= 4 is 18.3 Å². The van der Waals surface area contributed by atoms with E-state index in [1.54, 1.807) is 6.08 Å². The second-order valence-electron chi connectivity index (χ2n) is 3.74. The molecule has 18 heavy (non-hydrogen) atoms. The average molecular weight is 247 g/mol. The summed E-state index contributed by atoms with van der Waals surface area (Å²) in [6.45, 7) is 0. The standard InChI is InChI=1S/C13H13NO4/c1-17-12(15)14(13(16)18-2)11-8-7-9-5-3-4-6-10(9)11/h3-8,11H,1-2H3. The summed E-state index contributed by atoms with van der Waals surface area (Å²) in [6, 6.07) is 7.04. The van der Waals surface area contributed by atoms with Gasteiger partial charge in [-0.1, -0.05) is 36.4 Å². The molecule has 0 fully saturated rings. The van der Waals surface area contributed by atoms with Gasteiger partial charge in [-0.3, -0.25) is 0 Å². The summed E-state index contributed by atoms with van der Waals surface area (Å²) < 4.78 is 9.23. The predicted molar refractivity (Wildman–Crippen MR) is 64.9 cm³/mol. The molecule has 0 aliphatic heterocycles. The van der Waals surface area contributed by atoms with Crippen LogP contribution in [0.5, 0.6) is 0 Å². The van der Waals surface area contributed by atoms with Gasteiger partial charge in [0.2, 0.25) is 0 Å². The molecule has 94 valence electrons. The van der Waals surface area contributed by atoms with E-state index in [4.69, 9.17) is 0 Å². The molecule has 2 rings (SSSR count). The molecule has 0 heterocycles. The summed E-state index contributed by atoms with van der Waals surface area (Å²) in [5, 5.41) is 0. The minimum atomic E-state index is -0.742. The maximum absolute atomic E-state index is 11.7. The molecule has 0 N–H and O–H groups in total. The third kappa shape index (κ3) is 1.95. The molecule has 0 aromatic heterocycles. The van der Waals surface area contributed by atoms with Crippen LogP contribution in [0.25, 0.3) is 6.08 Å². The third-order valence-electron chi connectivity index (χ3n) is 2.79. The lowest BCUT2D eigenvalue weighted by molar-refractivity contribution is 0.0901. The molecular weight excluding hydrogens is 234 g/mol. The van der Waals surface area contributed by atoms with E-state index in [9.17, 15) is 9.59 Å². The number of nitrogens with zero attached hydrogens (tertiary/aromatic N) is 1. The highest BCUT2D eigenvalue weighted by Crippen LogP contribution is 2.33. The van der Waals surface area contributed by atoms with Crippen LogP contribution in [0.3, 0.4) is 0 Å². The lowest BCUT2D eigenvalue weighted by atomic mass is 10.1. The molecule has 0 radical (unpaired) electrons. The van der Waals surface area contributed by atoms with Crippen LogP contribution in [0.15, 0.2) is 30.3 Å². The second-order valence-corrected chi connectivity index (χ2v) is 3.74. The first-order chi connectivity index (χ1) is 8.69. The van der Waals surface area contributed by atoms with Gasteiger partial charge in [-0.2, -0.15) is 0 Å². The van der Waals surface area contributed by atoms with E-state index >= 15 is 0 Å². The highest BCUT2D eigenvalue weighted by molar-refractivity contribution is 5.89. The molecule has 1 aliphatic rings. The van der Waals surface area contributed by atoms with Crippen molar-refractivity contribution in [2.75, 3.05) is 14.2 Å². The monoisotopic (exact) mass is 247 g/mol. The number of methoxy groups -OCH3 is 2. The van der Waals surface area contributed by atoms with Crippen LogP contribution in [-0.4, -0.2) is 31.3 Å². The third-order valence-corrected chi connectivity index (χ3v) is 2.79. The summed E-state index contributed by atoms with van der Waals surface area (Å²) >= 11 is 0. The largest absolute Gasteiger partial charge is 0.452 e. The van der Waals surface area contributed by atoms with E-state index in [1.165, 1.54) is 14.2 Å². The van der Waals surface area contributed by atoms with E-state index < -0.39 is 18.2 Å². The van der Waals surface area contributed by atoms with Gasteiger partial charge < -0.3 is 9.47 Å². The maximum Gasteiger partial charge on any atom is 0.419 e. The molecule has 1 atom stereocenters. The van der Waals surface area contributed by atoms with Crippen LogP contribution in [-0.2, 0) is 9.47 Å². The van der Waals surface area contributed by atoms with Gasteiger partial charge in [-0.05, 0) is 11.1 Å². The highest BCUT2D eigenvalue weighted by atomic mass is 16.6. The van der Waals surface area contributed by atoms with Crippen molar-refractivity contribution < 1.29 is 19.1 Å². The minimum Gasteiger partial charge on any atom is -0.452 e. The Bertz CT molecular complexity index is 493. The molecule has 1 aromatic carbocycles. The zero-order chi connectivity index (χ0) is 13.1. The van der Waals surface area contributed by atoms with Gasteiger partial charge in [-0.15, -0.1) is 0 Å². The van der Waals surface area contributed by atoms with Crippen LogP contribution in [0.1, 0.15) is 17.2 Å². The molecule has 0 bridgehead atoms. The fourth-order valence-electron chi connectivity index (χ4n) is 1.95. The maximum atomic E-state index is 11.7. The van der Waals surface area contributed by atoms with E-state index in [1.807, 2.05) is 30.3 Å². The van der Waals surface area contributed by atoms with E-state index in [-0.39, 0.29) is 0 Å². The van der Waals surface area contributed by atoms with Crippen molar-refractivity contribution in [3.63, 3.8) is 0 Å². The number of hydrogen-bond donors (Lipinski definition) is 0. The Morgan fingerprint density at radius 2 is 1.72 bits per heavy atom. The van der Waals surface area contributed by atoms with Gasteiger partial charge >= 0.3 is 12.2 Å². The number of amides is 2. The van der Waals surface area contributed by atoms with Gasteiger partial charge in [0.15, 0.2) is 0 Å². The molecule has 0 saturated carbocycles. The summed E-state index contributed by atoms with van der Waals surface area (Å²) in [5.74, 6) is 0. The fraction of sp³-hybridized carbons (Fsp3) is 0.231. The molecule has 1 aliphatic carbocycles. The minimum absolute atomic E-state index is 0.485. The van der Waals surface area contributed by atoms with Crippen LogP contribution in [0, 0.1) is 0 Å². The predicted octanol–water partition coefficient (Wildman–Crippen LogP) is 2.59. The van der Waals surface area contributed by atoms with E-state index in [0.29, 0.717) is 0 Å². The normalized spacial score (nSPS) is 16.0. The van der Waals surface area contributed by atoms with Crippen molar-refractivity contribution in [2.45, 2.75) is 6.04 Å². The zero-order valence-corrected chi connectivity index (χ0v) is 10.1. The first kappa shape index (κ1) is 12.2. The molecule has 2 amide bonds. The van der Waals surface area contributed by atoms with Crippen molar-refractivity contribution in [2.24, 2.45) is 0 Å². The molecule has 1 aromatic rings. The quantitative estimate of drug-likeness (QED) is 0.765. The van der Waals surface area contributed by atoms with Crippen LogP contribution < -0.4 is 0 Å². The van der Waals surface area contributed by atoms with Gasteiger partial charge in [0.25, 0.3) is 0 Å². The first-order valence-electron chi connectivity index (χ1n) is 5.41. The Morgan fingerprint density at radius 3 is 2.33 bits per heavy atom. The molecule has 5 heteroatoms. The van der Waals surface area contributed by atoms with Gasteiger partial charge in [0.1, 0.15) is 0 Å². The van der Waals surface area contributed by atoms with Crippen molar-refractivity contribution in [3.05, 3.63) is 41.5 Å². The average Bonchev–Trinajstić information content (AvgIpc) is 2.82. The Hall–Kier alpha value is -2.30. The van der Waals surface area contributed by atoms with Crippen molar-refractivity contribution in [1.82, 2.24) is 4.90 Å². The Kier molecular flexibility index (Phi) is 3.32. The Labute approximate surface area is 105 Å². The SMILES string of the molecule is COC(=O)N(C(=O)OC)C1C=Cc2ccccc21. The molecule has 0 spiro atoms. The van der Waals surface area contributed by atoms with Crippen LogP contribution in [0.2, 0.25) is 0 Å². The van der Waals surface area contributed by atoms with Crippen molar-refractivity contribution in [3.8, 4) is 0 Å². The number of imide groups is 1. The number of fused-ring (bicyclic) bond motifs is 1. The first-order valence-corrected chi connectivity index (χ1v) is 5.41. The number of carbonyl (C=O) groups excluding carboxylic acids is 2. The summed E-state index contributed by atoms with van der Waals surface area (Å²) in [4.78, 5) is 24.3. The summed E-state index contributed by atoms with van der Waals surface area (Å²) in [6.07, 6.45) is 2.14. The molecule has 1 unspecified atom stereocenters. The van der Waals surface area contributed by atoms with Gasteiger partial charge in [0, 0.05) is 0 Å². The van der Waals surface area contributed by atoms with Crippen molar-refractivity contribution in [1.29, 1.82) is 0 Å². The van der Waals surface area contributed by atoms with E-state index in [2.05, 4.69) is 9.47 Å². The number of hydrogen-bond acceptors (Lipinski definition) is 4. The second kappa shape index (κ2) is 4.91. The number of ether oxygens (including phenoxy) is 2. The number of benzene rings is 1. The van der Waals surface area contributed by atoms with Gasteiger partial charge in [-0.25, -0.2) is 14.5 Å². The number of carbonyl (C=O) groups is 2. The van der Waals surface area contributed by atoms with Crippen LogP contribution >= 0.6 is 0 Å². The highest BCUT2D eigenvalue weighted by Gasteiger charge is 2.34. The smallest absolute Gasteiger partial charge is 0.419 e.